The van der Waals surface area contributed by atoms with Crippen LogP contribution in [0, 0.1) is 18.8 Å². The van der Waals surface area contributed by atoms with Crippen LogP contribution in [0.25, 0.3) is 5.69 Å². The number of para-hydroxylation sites is 1. The van der Waals surface area contributed by atoms with Crippen molar-refractivity contribution in [2.24, 2.45) is 18.9 Å². The van der Waals surface area contributed by atoms with Gasteiger partial charge in [0.2, 0.25) is 11.8 Å². The van der Waals surface area contributed by atoms with E-state index < -0.39 is 46.7 Å². The molecule has 4 atom stereocenters. The molecular formula is C26H34N4O5. The summed E-state index contributed by atoms with van der Waals surface area (Å²) in [6.07, 6.45) is 1.48. The summed E-state index contributed by atoms with van der Waals surface area (Å²) in [6, 6.07) is 8.23. The van der Waals surface area contributed by atoms with Crippen molar-refractivity contribution in [2.45, 2.75) is 71.0 Å². The fourth-order valence-corrected chi connectivity index (χ4v) is 5.85. The Kier molecular flexibility index (Phi) is 6.03. The number of aliphatic carboxylic acids is 1. The highest BCUT2D eigenvalue weighted by molar-refractivity contribution is 6.10. The number of carbonyl (C=O) groups excluding carboxylic acids is 2. The van der Waals surface area contributed by atoms with Crippen LogP contribution >= 0.6 is 0 Å². The number of carbonyl (C=O) groups is 3. The second-order valence-corrected chi connectivity index (χ2v) is 10.7. The van der Waals surface area contributed by atoms with Crippen molar-refractivity contribution in [3.63, 3.8) is 0 Å². The number of nitrogens with one attached hydrogen (secondary N) is 1. The monoisotopic (exact) mass is 482 g/mol. The zero-order chi connectivity index (χ0) is 25.9. The van der Waals surface area contributed by atoms with Crippen molar-refractivity contribution >= 4 is 17.8 Å². The van der Waals surface area contributed by atoms with Crippen molar-refractivity contribution in [3.05, 3.63) is 51.9 Å². The van der Waals surface area contributed by atoms with E-state index in [-0.39, 0.29) is 12.0 Å². The number of nitrogens with zero attached hydrogens (tertiary/aromatic N) is 3. The second-order valence-electron chi connectivity index (χ2n) is 10.7. The molecule has 2 aromatic rings. The maximum atomic E-state index is 13.8. The minimum atomic E-state index is -1.63. The fourth-order valence-electron chi connectivity index (χ4n) is 5.85. The number of rotatable bonds is 6. The molecule has 0 aliphatic carbocycles. The molecule has 0 radical (unpaired) electrons. The van der Waals surface area contributed by atoms with Gasteiger partial charge in [-0.15, -0.1) is 0 Å². The molecular weight excluding hydrogens is 448 g/mol. The Morgan fingerprint density at radius 3 is 2.29 bits per heavy atom. The van der Waals surface area contributed by atoms with Crippen LogP contribution in [0.1, 0.15) is 64.3 Å². The zero-order valence-corrected chi connectivity index (χ0v) is 21.2. The Morgan fingerprint density at radius 1 is 1.11 bits per heavy atom. The van der Waals surface area contributed by atoms with Crippen LogP contribution in [0.15, 0.2) is 35.1 Å². The predicted molar refractivity (Wildman–Crippen MR) is 130 cm³/mol. The van der Waals surface area contributed by atoms with Crippen molar-refractivity contribution in [2.75, 3.05) is 0 Å². The lowest BCUT2D eigenvalue weighted by Gasteiger charge is -2.35. The topological polar surface area (TPSA) is 114 Å². The number of likely N-dealkylation sites (tertiary alicyclic amines) is 1. The largest absolute Gasteiger partial charge is 0.480 e. The average Bonchev–Trinajstić information content (AvgIpc) is 3.34. The molecule has 2 fully saturated rings. The van der Waals surface area contributed by atoms with E-state index in [1.807, 2.05) is 37.3 Å². The van der Waals surface area contributed by atoms with Crippen LogP contribution in [0.2, 0.25) is 0 Å². The van der Waals surface area contributed by atoms with E-state index in [2.05, 4.69) is 5.32 Å². The third-order valence-corrected chi connectivity index (χ3v) is 7.54. The molecule has 9 nitrogen and oxygen atoms in total. The first kappa shape index (κ1) is 24.9. The number of benzene rings is 1. The molecule has 188 valence electrons. The fraction of sp³-hybridized carbons (Fsp3) is 0.538. The summed E-state index contributed by atoms with van der Waals surface area (Å²) in [7, 11) is 1.75. The lowest BCUT2D eigenvalue weighted by atomic mass is 9.76. The molecule has 4 unspecified atom stereocenters. The van der Waals surface area contributed by atoms with Crippen molar-refractivity contribution in [1.29, 1.82) is 0 Å². The van der Waals surface area contributed by atoms with Gasteiger partial charge < -0.3 is 5.11 Å². The summed E-state index contributed by atoms with van der Waals surface area (Å²) < 4.78 is 3.22. The minimum Gasteiger partial charge on any atom is -0.480 e. The molecule has 0 bridgehead atoms. The maximum absolute atomic E-state index is 13.8. The number of carboxylic acids is 1. The normalized spacial score (nSPS) is 26.5. The van der Waals surface area contributed by atoms with Crippen LogP contribution in [0.5, 0.6) is 0 Å². The van der Waals surface area contributed by atoms with E-state index in [1.165, 1.54) is 9.58 Å². The third kappa shape index (κ3) is 3.55. The van der Waals surface area contributed by atoms with Gasteiger partial charge in [-0.2, -0.15) is 0 Å². The van der Waals surface area contributed by atoms with E-state index in [9.17, 15) is 24.3 Å². The van der Waals surface area contributed by atoms with Gasteiger partial charge in [0.25, 0.3) is 5.56 Å². The highest BCUT2D eigenvalue weighted by Gasteiger charge is 2.69. The van der Waals surface area contributed by atoms with E-state index in [0.717, 1.165) is 6.42 Å². The van der Waals surface area contributed by atoms with Gasteiger partial charge in [-0.25, -0.2) is 4.68 Å². The third-order valence-electron chi connectivity index (χ3n) is 7.54. The number of amides is 2. The molecule has 2 amide bonds. The number of carboxylic acid groups (broad SMARTS) is 1. The van der Waals surface area contributed by atoms with Crippen molar-refractivity contribution in [1.82, 2.24) is 19.6 Å². The number of aromatic nitrogens is 2. The van der Waals surface area contributed by atoms with Gasteiger partial charge in [-0.3, -0.25) is 34.1 Å². The molecule has 2 saturated heterocycles. The molecule has 1 aromatic carbocycles. The first-order chi connectivity index (χ1) is 16.4. The highest BCUT2D eigenvalue weighted by atomic mass is 16.4. The molecule has 2 N–H and O–H groups in total. The van der Waals surface area contributed by atoms with Gasteiger partial charge in [0.15, 0.2) is 0 Å². The predicted octanol–water partition coefficient (Wildman–Crippen LogP) is 2.54. The minimum absolute atomic E-state index is 0.187. The highest BCUT2D eigenvalue weighted by Crippen LogP contribution is 2.51. The Bertz CT molecular complexity index is 1240. The quantitative estimate of drug-likeness (QED) is 0.612. The van der Waals surface area contributed by atoms with Gasteiger partial charge in [-0.05, 0) is 46.2 Å². The van der Waals surface area contributed by atoms with Gasteiger partial charge in [-0.1, -0.05) is 38.0 Å². The van der Waals surface area contributed by atoms with E-state index in [4.69, 9.17) is 0 Å². The molecule has 0 spiro atoms. The Balaban J connectivity index is 1.94. The summed E-state index contributed by atoms with van der Waals surface area (Å²) in [6.45, 7) is 9.01. The first-order valence-corrected chi connectivity index (χ1v) is 12.1. The maximum Gasteiger partial charge on any atom is 0.324 e. The molecule has 2 aliphatic heterocycles. The van der Waals surface area contributed by atoms with E-state index in [0.29, 0.717) is 23.4 Å². The summed E-state index contributed by atoms with van der Waals surface area (Å²) >= 11 is 0. The summed E-state index contributed by atoms with van der Waals surface area (Å²) in [4.78, 5) is 55.2. The number of imide groups is 1. The lowest BCUT2D eigenvalue weighted by Crippen LogP contribution is -2.57. The van der Waals surface area contributed by atoms with Gasteiger partial charge >= 0.3 is 5.97 Å². The molecule has 9 heteroatoms. The summed E-state index contributed by atoms with van der Waals surface area (Å²) in [5.41, 5.74) is -1.19. The SMILES string of the molecule is CCCCC1(C(=O)O)NC(c2c(C)n(C)n(-c3ccccc3)c2=O)C2C(=O)N(C(C)(C)C)C(=O)C21. The van der Waals surface area contributed by atoms with Crippen LogP contribution in [0.3, 0.4) is 0 Å². The van der Waals surface area contributed by atoms with E-state index in [1.54, 1.807) is 39.4 Å². The van der Waals surface area contributed by atoms with E-state index >= 15 is 0 Å². The zero-order valence-electron chi connectivity index (χ0n) is 21.2. The first-order valence-electron chi connectivity index (χ1n) is 12.1. The van der Waals surface area contributed by atoms with Gasteiger partial charge in [0, 0.05) is 18.3 Å². The Hall–Kier alpha value is -3.20. The van der Waals surface area contributed by atoms with Crippen LogP contribution < -0.4 is 10.9 Å². The standard InChI is InChI=1S/C26H34N4O5/c1-7-8-14-26(24(34)35)19-18(21(31)29(23(19)33)25(3,4)5)20(27-26)17-15(2)28(6)30(22(17)32)16-12-10-9-11-13-16/h9-13,18-20,27H,7-8,14H2,1-6H3,(H,34,35). The summed E-state index contributed by atoms with van der Waals surface area (Å²) in [5, 5.41) is 13.6. The van der Waals surface area contributed by atoms with Crippen LogP contribution in [0.4, 0.5) is 0 Å². The van der Waals surface area contributed by atoms with Gasteiger partial charge in [0.1, 0.15) is 5.54 Å². The average molecular weight is 483 g/mol. The molecule has 3 heterocycles. The van der Waals surface area contributed by atoms with Crippen LogP contribution in [-0.4, -0.2) is 48.2 Å². The van der Waals surface area contributed by atoms with Crippen molar-refractivity contribution < 1.29 is 19.5 Å². The Labute approximate surface area is 204 Å². The number of unbranched alkanes of at least 4 members (excludes halogenated alkanes) is 1. The molecule has 2 aliphatic rings. The van der Waals surface area contributed by atoms with Crippen LogP contribution in [-0.2, 0) is 21.4 Å². The Morgan fingerprint density at radius 2 is 1.74 bits per heavy atom. The lowest BCUT2D eigenvalue weighted by molar-refractivity contribution is -0.154. The molecule has 1 aromatic heterocycles. The summed E-state index contributed by atoms with van der Waals surface area (Å²) in [5.74, 6) is -4.16. The molecule has 35 heavy (non-hydrogen) atoms. The molecule has 4 rings (SSSR count). The van der Waals surface area contributed by atoms with Gasteiger partial charge in [0.05, 0.1) is 29.1 Å². The molecule has 0 saturated carbocycles. The number of fused-ring (bicyclic) bond motifs is 1. The number of hydrogen-bond acceptors (Lipinski definition) is 5. The number of hydrogen-bond donors (Lipinski definition) is 2. The van der Waals surface area contributed by atoms with Crippen molar-refractivity contribution in [3.8, 4) is 5.69 Å². The second kappa shape index (κ2) is 8.48. The smallest absolute Gasteiger partial charge is 0.324 e.